The molecule has 1 saturated heterocycles. The smallest absolute Gasteiger partial charge is 0.337 e. The number of urea groups is 1. The minimum absolute atomic E-state index is 0.0457. The third-order valence-corrected chi connectivity index (χ3v) is 6.68. The largest absolute Gasteiger partial charge is 0.465 e. The molecule has 2 aromatic carbocycles. The number of methoxy groups -OCH3 is 1. The normalized spacial score (nSPS) is 15.6. The van der Waals surface area contributed by atoms with E-state index in [0.717, 1.165) is 0 Å². The number of halogens is 1. The molecule has 2 amide bonds. The van der Waals surface area contributed by atoms with Crippen LogP contribution < -0.4 is 4.90 Å². The van der Waals surface area contributed by atoms with Crippen LogP contribution in [0.4, 0.5) is 10.5 Å². The fourth-order valence-corrected chi connectivity index (χ4v) is 4.48. The first-order valence-corrected chi connectivity index (χ1v) is 11.2. The average molecular weight is 437 g/mol. The predicted octanol–water partition coefficient (Wildman–Crippen LogP) is 2.98. The number of carbonyl (C=O) groups excluding carboxylic acids is 2. The van der Waals surface area contributed by atoms with E-state index >= 15 is 0 Å². The number of benzene rings is 2. The zero-order valence-electron chi connectivity index (χ0n) is 15.9. The summed E-state index contributed by atoms with van der Waals surface area (Å²) in [7, 11) is -1.81. The van der Waals surface area contributed by atoms with Gasteiger partial charge >= 0.3 is 12.0 Å². The summed E-state index contributed by atoms with van der Waals surface area (Å²) in [5.74, 6) is -0.588. The van der Waals surface area contributed by atoms with E-state index in [1.165, 1.54) is 18.1 Å². The molecule has 1 fully saturated rings. The van der Waals surface area contributed by atoms with Crippen LogP contribution in [0.5, 0.6) is 0 Å². The first-order chi connectivity index (χ1) is 13.8. The molecule has 0 unspecified atom stereocenters. The standard InChI is InChI=1S/C20H21ClN2O5S/c1-28-19(24)15-7-8-16(18(21)13-15)14-23(17-5-3-2-4-6-17)20(25)22-9-11-29(26,27)12-10-22/h2-8,13H,9-12,14H2,1H3. The molecule has 2 aromatic rings. The van der Waals surface area contributed by atoms with Gasteiger partial charge in [-0.25, -0.2) is 18.0 Å². The van der Waals surface area contributed by atoms with E-state index in [1.54, 1.807) is 29.2 Å². The number of rotatable bonds is 4. The number of sulfone groups is 1. The molecule has 1 heterocycles. The van der Waals surface area contributed by atoms with Crippen LogP contribution in [0.25, 0.3) is 0 Å². The maximum Gasteiger partial charge on any atom is 0.337 e. The van der Waals surface area contributed by atoms with Crippen LogP contribution in [0, 0.1) is 0 Å². The summed E-state index contributed by atoms with van der Waals surface area (Å²) in [4.78, 5) is 28.0. The average Bonchev–Trinajstić information content (AvgIpc) is 2.72. The molecule has 0 N–H and O–H groups in total. The summed E-state index contributed by atoms with van der Waals surface area (Å²) in [5, 5.41) is 0.336. The van der Waals surface area contributed by atoms with Crippen LogP contribution >= 0.6 is 11.6 Å². The van der Waals surface area contributed by atoms with Crippen LogP contribution in [-0.2, 0) is 21.1 Å². The molecular formula is C20H21ClN2O5S. The summed E-state index contributed by atoms with van der Waals surface area (Å²) < 4.78 is 28.1. The lowest BCUT2D eigenvalue weighted by Crippen LogP contribution is -2.49. The van der Waals surface area contributed by atoms with Crippen LogP contribution in [0.3, 0.4) is 0 Å². The summed E-state index contributed by atoms with van der Waals surface area (Å²) in [6, 6.07) is 13.6. The molecular weight excluding hydrogens is 416 g/mol. The second-order valence-electron chi connectivity index (χ2n) is 6.64. The van der Waals surface area contributed by atoms with Gasteiger partial charge in [0.05, 0.1) is 30.7 Å². The van der Waals surface area contributed by atoms with E-state index in [2.05, 4.69) is 0 Å². The van der Waals surface area contributed by atoms with Crippen LogP contribution in [0.2, 0.25) is 5.02 Å². The first kappa shape index (κ1) is 21.1. The van der Waals surface area contributed by atoms with Gasteiger partial charge in [0.1, 0.15) is 0 Å². The Balaban J connectivity index is 1.87. The van der Waals surface area contributed by atoms with Crippen molar-refractivity contribution >= 4 is 39.1 Å². The monoisotopic (exact) mass is 436 g/mol. The predicted molar refractivity (Wildman–Crippen MR) is 111 cm³/mol. The van der Waals surface area contributed by atoms with Gasteiger partial charge in [-0.05, 0) is 29.8 Å². The lowest BCUT2D eigenvalue weighted by atomic mass is 10.1. The number of esters is 1. The lowest BCUT2D eigenvalue weighted by molar-refractivity contribution is 0.0600. The van der Waals surface area contributed by atoms with Crippen molar-refractivity contribution in [2.24, 2.45) is 0 Å². The molecule has 0 radical (unpaired) electrons. The van der Waals surface area contributed by atoms with E-state index in [1.807, 2.05) is 18.2 Å². The van der Waals surface area contributed by atoms with Gasteiger partial charge in [-0.3, -0.25) is 4.90 Å². The van der Waals surface area contributed by atoms with Gasteiger partial charge in [0.25, 0.3) is 0 Å². The molecule has 9 heteroatoms. The quantitative estimate of drug-likeness (QED) is 0.688. The third kappa shape index (κ3) is 5.07. The van der Waals surface area contributed by atoms with Crippen molar-refractivity contribution in [3.63, 3.8) is 0 Å². The van der Waals surface area contributed by atoms with Gasteiger partial charge in [-0.15, -0.1) is 0 Å². The van der Waals surface area contributed by atoms with Gasteiger partial charge in [0.15, 0.2) is 9.84 Å². The van der Waals surface area contributed by atoms with Crippen LogP contribution in [0.1, 0.15) is 15.9 Å². The van der Waals surface area contributed by atoms with Gasteiger partial charge in [0.2, 0.25) is 0 Å². The molecule has 1 aliphatic rings. The summed E-state index contributed by atoms with van der Waals surface area (Å²) in [6.07, 6.45) is 0. The molecule has 0 atom stereocenters. The number of nitrogens with zero attached hydrogens (tertiary/aromatic N) is 2. The van der Waals surface area contributed by atoms with Crippen molar-refractivity contribution in [2.45, 2.75) is 6.54 Å². The fourth-order valence-electron chi connectivity index (χ4n) is 3.04. The molecule has 0 aliphatic carbocycles. The number of para-hydroxylation sites is 1. The molecule has 7 nitrogen and oxygen atoms in total. The van der Waals surface area contributed by atoms with Gasteiger partial charge in [0, 0.05) is 23.8 Å². The van der Waals surface area contributed by atoms with Crippen molar-refractivity contribution in [1.82, 2.24) is 4.90 Å². The summed E-state index contributed by atoms with van der Waals surface area (Å²) >= 11 is 6.35. The van der Waals surface area contributed by atoms with Crippen molar-refractivity contribution in [3.05, 3.63) is 64.7 Å². The minimum Gasteiger partial charge on any atom is -0.465 e. The molecule has 29 heavy (non-hydrogen) atoms. The van der Waals surface area contributed by atoms with E-state index in [4.69, 9.17) is 16.3 Å². The number of amides is 2. The lowest BCUT2D eigenvalue weighted by Gasteiger charge is -2.33. The maximum atomic E-state index is 13.2. The van der Waals surface area contributed by atoms with Crippen LogP contribution in [-0.4, -0.2) is 57.0 Å². The second kappa shape index (κ2) is 8.84. The number of hydrogen-bond donors (Lipinski definition) is 0. The Hall–Kier alpha value is -2.58. The Kier molecular flexibility index (Phi) is 6.44. The number of anilines is 1. The van der Waals surface area contributed by atoms with E-state index in [9.17, 15) is 18.0 Å². The fraction of sp³-hybridized carbons (Fsp3) is 0.300. The maximum absolute atomic E-state index is 13.2. The number of carbonyl (C=O) groups is 2. The Labute approximate surface area is 174 Å². The number of hydrogen-bond acceptors (Lipinski definition) is 5. The molecule has 154 valence electrons. The van der Waals surface area contributed by atoms with E-state index < -0.39 is 15.8 Å². The SMILES string of the molecule is COC(=O)c1ccc(CN(C(=O)N2CCS(=O)(=O)CC2)c2ccccc2)c(Cl)c1. The second-order valence-corrected chi connectivity index (χ2v) is 9.35. The number of ether oxygens (including phenoxy) is 1. The molecule has 0 bridgehead atoms. The summed E-state index contributed by atoms with van der Waals surface area (Å²) in [5.41, 5.74) is 1.64. The highest BCUT2D eigenvalue weighted by atomic mass is 35.5. The topological polar surface area (TPSA) is 84.0 Å². The molecule has 0 saturated carbocycles. The summed E-state index contributed by atoms with van der Waals surface area (Å²) in [6.45, 7) is 0.478. The minimum atomic E-state index is -3.10. The Morgan fingerprint density at radius 3 is 2.34 bits per heavy atom. The van der Waals surface area contributed by atoms with Crippen molar-refractivity contribution in [3.8, 4) is 0 Å². The highest BCUT2D eigenvalue weighted by molar-refractivity contribution is 7.91. The Bertz CT molecular complexity index is 997. The van der Waals surface area contributed by atoms with Crippen LogP contribution in [0.15, 0.2) is 48.5 Å². The Morgan fingerprint density at radius 2 is 1.76 bits per heavy atom. The van der Waals surface area contributed by atoms with Gasteiger partial charge in [-0.2, -0.15) is 0 Å². The Morgan fingerprint density at radius 1 is 1.10 bits per heavy atom. The third-order valence-electron chi connectivity index (χ3n) is 4.72. The first-order valence-electron chi connectivity index (χ1n) is 8.99. The van der Waals surface area contributed by atoms with E-state index in [0.29, 0.717) is 21.8 Å². The highest BCUT2D eigenvalue weighted by Crippen LogP contribution is 2.25. The van der Waals surface area contributed by atoms with Gasteiger partial charge < -0.3 is 9.64 Å². The van der Waals surface area contributed by atoms with Crippen molar-refractivity contribution in [1.29, 1.82) is 0 Å². The van der Waals surface area contributed by atoms with Crippen molar-refractivity contribution in [2.75, 3.05) is 36.6 Å². The highest BCUT2D eigenvalue weighted by Gasteiger charge is 2.29. The molecule has 0 aromatic heterocycles. The van der Waals surface area contributed by atoms with Crippen molar-refractivity contribution < 1.29 is 22.7 Å². The molecule has 3 rings (SSSR count). The van der Waals surface area contributed by atoms with E-state index in [-0.39, 0.29) is 37.2 Å². The molecule has 1 aliphatic heterocycles. The van der Waals surface area contributed by atoms with Gasteiger partial charge in [-0.1, -0.05) is 35.9 Å². The zero-order valence-corrected chi connectivity index (χ0v) is 17.4. The molecule has 0 spiro atoms. The zero-order chi connectivity index (χ0) is 21.0.